The number of hydrogen-bond donors (Lipinski definition) is 1. The Labute approximate surface area is 128 Å². The van der Waals surface area contributed by atoms with Crippen molar-refractivity contribution >= 4 is 30.7 Å². The molecule has 2 unspecified atom stereocenters. The van der Waals surface area contributed by atoms with Crippen molar-refractivity contribution in [2.75, 3.05) is 32.7 Å². The molecule has 3 fully saturated rings. The highest BCUT2D eigenvalue weighted by Gasteiger charge is 2.33. The van der Waals surface area contributed by atoms with Crippen molar-refractivity contribution in [2.45, 2.75) is 44.2 Å². The van der Waals surface area contributed by atoms with E-state index in [1.807, 2.05) is 0 Å². The third-order valence-electron chi connectivity index (χ3n) is 4.52. The molecule has 6 heteroatoms. The summed E-state index contributed by atoms with van der Waals surface area (Å²) in [7, 11) is 0. The average Bonchev–Trinajstić information content (AvgIpc) is 2.97. The van der Waals surface area contributed by atoms with Crippen LogP contribution in [0.5, 0.6) is 0 Å². The van der Waals surface area contributed by atoms with Crippen LogP contribution in [0.4, 0.5) is 0 Å². The molecule has 19 heavy (non-hydrogen) atoms. The maximum Gasteiger partial charge on any atom is 0.224 e. The number of carbonyl (C=O) groups excluding carboxylic acids is 1. The number of nitrogens with one attached hydrogen (secondary N) is 1. The van der Waals surface area contributed by atoms with Gasteiger partial charge in [-0.1, -0.05) is 0 Å². The molecule has 0 radical (unpaired) electrons. The van der Waals surface area contributed by atoms with Crippen LogP contribution in [0.15, 0.2) is 0 Å². The van der Waals surface area contributed by atoms with Gasteiger partial charge >= 0.3 is 0 Å². The Morgan fingerprint density at radius 1 is 1.11 bits per heavy atom. The fourth-order valence-electron chi connectivity index (χ4n) is 3.49. The van der Waals surface area contributed by atoms with Gasteiger partial charge in [-0.15, -0.1) is 24.8 Å². The van der Waals surface area contributed by atoms with Crippen molar-refractivity contribution in [1.82, 2.24) is 15.1 Å². The van der Waals surface area contributed by atoms with Gasteiger partial charge in [0.1, 0.15) is 0 Å². The Morgan fingerprint density at radius 3 is 2.68 bits per heavy atom. The molecular formula is C13H25Cl2N3O. The molecule has 1 N–H and O–H groups in total. The maximum atomic E-state index is 12.2. The number of fused-ring (bicyclic) bond motifs is 1. The first-order valence-electron chi connectivity index (χ1n) is 7.08. The van der Waals surface area contributed by atoms with Gasteiger partial charge in [0.15, 0.2) is 0 Å². The van der Waals surface area contributed by atoms with Crippen LogP contribution in [0.1, 0.15) is 32.1 Å². The summed E-state index contributed by atoms with van der Waals surface area (Å²) in [6.07, 6.45) is 5.72. The van der Waals surface area contributed by atoms with Gasteiger partial charge in [0.25, 0.3) is 0 Å². The Morgan fingerprint density at radius 2 is 1.95 bits per heavy atom. The van der Waals surface area contributed by atoms with Gasteiger partial charge in [0.05, 0.1) is 0 Å². The van der Waals surface area contributed by atoms with Crippen LogP contribution < -0.4 is 5.32 Å². The fraction of sp³-hybridized carbons (Fsp3) is 0.923. The van der Waals surface area contributed by atoms with Crippen molar-refractivity contribution < 1.29 is 4.79 Å². The van der Waals surface area contributed by atoms with Crippen LogP contribution in [0.3, 0.4) is 0 Å². The van der Waals surface area contributed by atoms with Gasteiger partial charge in [0.2, 0.25) is 5.91 Å². The predicted molar refractivity (Wildman–Crippen MR) is 81.3 cm³/mol. The van der Waals surface area contributed by atoms with E-state index in [9.17, 15) is 4.79 Å². The summed E-state index contributed by atoms with van der Waals surface area (Å²) in [5.41, 5.74) is 0. The van der Waals surface area contributed by atoms with Crippen LogP contribution in [0, 0.1) is 0 Å². The molecule has 3 heterocycles. The quantitative estimate of drug-likeness (QED) is 0.834. The summed E-state index contributed by atoms with van der Waals surface area (Å²) in [4.78, 5) is 16.9. The summed E-state index contributed by atoms with van der Waals surface area (Å²) in [5.74, 6) is 0.371. The Kier molecular flexibility index (Phi) is 6.87. The predicted octanol–water partition coefficient (Wildman–Crippen LogP) is 1.28. The van der Waals surface area contributed by atoms with Gasteiger partial charge in [0, 0.05) is 38.1 Å². The molecule has 3 aliphatic heterocycles. The largest absolute Gasteiger partial charge is 0.340 e. The van der Waals surface area contributed by atoms with E-state index >= 15 is 0 Å². The topological polar surface area (TPSA) is 35.6 Å². The molecule has 3 rings (SSSR count). The Hall–Kier alpha value is -0.0300. The highest BCUT2D eigenvalue weighted by atomic mass is 35.5. The molecular weight excluding hydrogens is 285 g/mol. The number of amides is 1. The zero-order valence-corrected chi connectivity index (χ0v) is 13.0. The zero-order chi connectivity index (χ0) is 11.7. The molecule has 0 aromatic rings. The maximum absolute atomic E-state index is 12.2. The zero-order valence-electron chi connectivity index (χ0n) is 11.3. The highest BCUT2D eigenvalue weighted by Crippen LogP contribution is 2.22. The average molecular weight is 310 g/mol. The number of halogens is 2. The van der Waals surface area contributed by atoms with Crippen molar-refractivity contribution in [2.24, 2.45) is 0 Å². The Balaban J connectivity index is 0.000000902. The lowest BCUT2D eigenvalue weighted by atomic mass is 10.1. The lowest BCUT2D eigenvalue weighted by Gasteiger charge is -2.37. The summed E-state index contributed by atoms with van der Waals surface area (Å²) in [6, 6.07) is 1.10. The lowest BCUT2D eigenvalue weighted by Crippen LogP contribution is -2.52. The molecule has 3 aliphatic rings. The first-order valence-corrected chi connectivity index (χ1v) is 7.08. The van der Waals surface area contributed by atoms with Crippen molar-refractivity contribution in [1.29, 1.82) is 0 Å². The minimum Gasteiger partial charge on any atom is -0.340 e. The van der Waals surface area contributed by atoms with Crippen molar-refractivity contribution in [3.05, 3.63) is 0 Å². The van der Waals surface area contributed by atoms with E-state index in [1.165, 1.54) is 32.2 Å². The molecule has 0 bridgehead atoms. The molecule has 112 valence electrons. The van der Waals surface area contributed by atoms with Crippen LogP contribution in [-0.2, 0) is 4.79 Å². The molecule has 0 aromatic heterocycles. The van der Waals surface area contributed by atoms with Crippen molar-refractivity contribution in [3.8, 4) is 0 Å². The van der Waals surface area contributed by atoms with Crippen LogP contribution in [-0.4, -0.2) is 60.5 Å². The SMILES string of the molecule is Cl.Cl.O=C(CC1CCCN1)N1CCN2CCCC2C1. The second-order valence-electron chi connectivity index (χ2n) is 5.67. The third-order valence-corrected chi connectivity index (χ3v) is 4.52. The number of piperazine rings is 1. The summed E-state index contributed by atoms with van der Waals surface area (Å²) in [5, 5.41) is 3.41. The summed E-state index contributed by atoms with van der Waals surface area (Å²) in [6.45, 7) is 5.35. The first kappa shape index (κ1) is 17.0. The summed E-state index contributed by atoms with van der Waals surface area (Å²) < 4.78 is 0. The van der Waals surface area contributed by atoms with Gasteiger partial charge in [-0.2, -0.15) is 0 Å². The van der Waals surface area contributed by atoms with Crippen LogP contribution >= 0.6 is 24.8 Å². The molecule has 1 amide bonds. The van der Waals surface area contributed by atoms with E-state index in [0.717, 1.165) is 26.2 Å². The highest BCUT2D eigenvalue weighted by molar-refractivity contribution is 5.85. The smallest absolute Gasteiger partial charge is 0.224 e. The minimum absolute atomic E-state index is 0. The third kappa shape index (κ3) is 3.97. The number of hydrogen-bond acceptors (Lipinski definition) is 3. The molecule has 3 saturated heterocycles. The van der Waals surface area contributed by atoms with E-state index in [2.05, 4.69) is 15.1 Å². The minimum atomic E-state index is 0. The normalized spacial score (nSPS) is 30.4. The number of carbonyl (C=O) groups is 1. The van der Waals surface area contributed by atoms with E-state index in [-0.39, 0.29) is 24.8 Å². The van der Waals surface area contributed by atoms with Gasteiger partial charge in [-0.05, 0) is 38.8 Å². The molecule has 0 saturated carbocycles. The van der Waals surface area contributed by atoms with E-state index < -0.39 is 0 Å². The first-order chi connectivity index (χ1) is 8.33. The molecule has 0 aliphatic carbocycles. The number of rotatable bonds is 2. The standard InChI is InChI=1S/C13H23N3O.2ClH/c17-13(9-11-3-1-5-14-11)16-8-7-15-6-2-4-12(15)10-16;;/h11-12,14H,1-10H2;2*1H. The Bertz CT molecular complexity index is 298. The second kappa shape index (κ2) is 7.67. The molecule has 2 atom stereocenters. The summed E-state index contributed by atoms with van der Waals surface area (Å²) >= 11 is 0. The van der Waals surface area contributed by atoms with Crippen molar-refractivity contribution in [3.63, 3.8) is 0 Å². The van der Waals surface area contributed by atoms with Crippen LogP contribution in [0.2, 0.25) is 0 Å². The second-order valence-corrected chi connectivity index (χ2v) is 5.67. The number of nitrogens with zero attached hydrogens (tertiary/aromatic N) is 2. The van der Waals surface area contributed by atoms with E-state index in [1.54, 1.807) is 0 Å². The van der Waals surface area contributed by atoms with Gasteiger partial charge < -0.3 is 10.2 Å². The van der Waals surface area contributed by atoms with Gasteiger partial charge in [-0.25, -0.2) is 0 Å². The monoisotopic (exact) mass is 309 g/mol. The van der Waals surface area contributed by atoms with E-state index in [4.69, 9.17) is 0 Å². The van der Waals surface area contributed by atoms with E-state index in [0.29, 0.717) is 24.4 Å². The fourth-order valence-corrected chi connectivity index (χ4v) is 3.49. The van der Waals surface area contributed by atoms with Gasteiger partial charge in [-0.3, -0.25) is 9.69 Å². The molecule has 4 nitrogen and oxygen atoms in total. The molecule has 0 spiro atoms. The van der Waals surface area contributed by atoms with Crippen LogP contribution in [0.25, 0.3) is 0 Å². The molecule has 0 aromatic carbocycles. The lowest BCUT2D eigenvalue weighted by molar-refractivity contribution is -0.134.